The number of nitro benzene ring substituents is 1. The lowest BCUT2D eigenvalue weighted by Crippen LogP contribution is -2.15. The zero-order valence-corrected chi connectivity index (χ0v) is 16.6. The minimum absolute atomic E-state index is 0.152. The second kappa shape index (κ2) is 8.21. The summed E-state index contributed by atoms with van der Waals surface area (Å²) >= 11 is 0. The number of carbonyl (C=O) groups excluding carboxylic acids is 1. The average molecular weight is 432 g/mol. The van der Waals surface area contributed by atoms with E-state index < -0.39 is 31.4 Å². The molecule has 0 aliphatic carbocycles. The maximum absolute atomic E-state index is 12.6. The van der Waals surface area contributed by atoms with Gasteiger partial charge in [0.05, 0.1) is 24.3 Å². The molecule has 1 heterocycles. The highest BCUT2D eigenvalue weighted by atomic mass is 32.2. The third kappa shape index (κ3) is 4.38. The number of anilines is 2. The molecule has 0 saturated heterocycles. The Kier molecular flexibility index (Phi) is 5.69. The van der Waals surface area contributed by atoms with Crippen LogP contribution in [0.3, 0.4) is 0 Å². The molecule has 0 atom stereocenters. The van der Waals surface area contributed by atoms with Gasteiger partial charge < -0.3 is 14.6 Å². The summed E-state index contributed by atoms with van der Waals surface area (Å²) in [5.41, 5.74) is 0.208. The number of methoxy groups -OCH3 is 1. The van der Waals surface area contributed by atoms with Crippen molar-refractivity contribution in [3.05, 3.63) is 70.1 Å². The van der Waals surface area contributed by atoms with E-state index in [4.69, 9.17) is 9.26 Å². The van der Waals surface area contributed by atoms with Crippen LogP contribution in [0.4, 0.5) is 17.1 Å². The van der Waals surface area contributed by atoms with Crippen LogP contribution in [0.25, 0.3) is 0 Å². The Hall–Kier alpha value is -3.93. The van der Waals surface area contributed by atoms with Crippen LogP contribution in [0.2, 0.25) is 0 Å². The Morgan fingerprint density at radius 1 is 1.17 bits per heavy atom. The molecule has 0 saturated carbocycles. The van der Waals surface area contributed by atoms with E-state index in [0.29, 0.717) is 11.4 Å². The molecule has 0 aliphatic heterocycles. The number of amides is 1. The van der Waals surface area contributed by atoms with E-state index in [9.17, 15) is 23.3 Å². The van der Waals surface area contributed by atoms with Crippen molar-refractivity contribution in [1.82, 2.24) is 5.16 Å². The van der Waals surface area contributed by atoms with Crippen LogP contribution >= 0.6 is 0 Å². The van der Waals surface area contributed by atoms with Crippen LogP contribution in [0.1, 0.15) is 16.1 Å². The van der Waals surface area contributed by atoms with Crippen molar-refractivity contribution >= 4 is 33.0 Å². The second-order valence-corrected chi connectivity index (χ2v) is 7.67. The number of rotatable bonds is 7. The molecule has 0 spiro atoms. The average Bonchev–Trinajstić information content (AvgIpc) is 3.14. The van der Waals surface area contributed by atoms with Gasteiger partial charge in [-0.25, -0.2) is 8.42 Å². The topological polar surface area (TPSA) is 154 Å². The fourth-order valence-electron chi connectivity index (χ4n) is 2.54. The molecule has 2 aromatic carbocycles. The van der Waals surface area contributed by atoms with Crippen LogP contribution in [-0.2, 0) is 10.0 Å². The first kappa shape index (κ1) is 20.8. The standard InChI is InChI=1S/C18H16N4O7S/c1-11-15(10-19-29-11)18(23)20-12-3-5-13(6-4-12)21-30(26,27)17-8-7-14(28-2)9-16(17)22(24)25/h3-10,21H,1-2H3,(H,20,23). The van der Waals surface area contributed by atoms with Crippen molar-refractivity contribution in [3.8, 4) is 5.75 Å². The second-order valence-electron chi connectivity index (χ2n) is 6.02. The Balaban J connectivity index is 1.79. The minimum atomic E-state index is -4.25. The first-order valence-electron chi connectivity index (χ1n) is 8.39. The lowest BCUT2D eigenvalue weighted by Gasteiger charge is -2.10. The first-order valence-corrected chi connectivity index (χ1v) is 9.87. The molecule has 0 fully saturated rings. The van der Waals surface area contributed by atoms with E-state index in [2.05, 4.69) is 15.2 Å². The lowest BCUT2D eigenvalue weighted by molar-refractivity contribution is -0.387. The zero-order valence-electron chi connectivity index (χ0n) is 15.8. The number of benzene rings is 2. The number of sulfonamides is 1. The van der Waals surface area contributed by atoms with Crippen molar-refractivity contribution < 1.29 is 27.4 Å². The summed E-state index contributed by atoms with van der Waals surface area (Å²) in [4.78, 5) is 22.1. The Morgan fingerprint density at radius 2 is 1.83 bits per heavy atom. The van der Waals surface area contributed by atoms with Crippen LogP contribution < -0.4 is 14.8 Å². The highest BCUT2D eigenvalue weighted by Gasteiger charge is 2.26. The van der Waals surface area contributed by atoms with Crippen molar-refractivity contribution in [2.24, 2.45) is 0 Å². The molecule has 3 aromatic rings. The van der Waals surface area contributed by atoms with Gasteiger partial charge in [-0.15, -0.1) is 0 Å². The van der Waals surface area contributed by atoms with E-state index in [0.717, 1.165) is 12.1 Å². The number of hydrogen-bond acceptors (Lipinski definition) is 8. The lowest BCUT2D eigenvalue weighted by atomic mass is 10.2. The third-order valence-corrected chi connectivity index (χ3v) is 5.47. The van der Waals surface area contributed by atoms with E-state index in [1.54, 1.807) is 6.92 Å². The third-order valence-electron chi connectivity index (χ3n) is 4.04. The largest absolute Gasteiger partial charge is 0.497 e. The first-order chi connectivity index (χ1) is 14.2. The Morgan fingerprint density at radius 3 is 2.40 bits per heavy atom. The zero-order chi connectivity index (χ0) is 21.9. The number of hydrogen-bond donors (Lipinski definition) is 2. The normalized spacial score (nSPS) is 11.0. The number of aromatic nitrogens is 1. The van der Waals surface area contributed by atoms with Crippen molar-refractivity contribution in [2.75, 3.05) is 17.1 Å². The molecule has 0 unspecified atom stereocenters. The summed E-state index contributed by atoms with van der Waals surface area (Å²) in [6.07, 6.45) is 1.29. The van der Waals surface area contributed by atoms with Crippen molar-refractivity contribution in [1.29, 1.82) is 0 Å². The van der Waals surface area contributed by atoms with Gasteiger partial charge in [0, 0.05) is 11.4 Å². The quantitative estimate of drug-likeness (QED) is 0.427. The van der Waals surface area contributed by atoms with Gasteiger partial charge in [0.1, 0.15) is 17.1 Å². The van der Waals surface area contributed by atoms with E-state index in [1.807, 2.05) is 0 Å². The summed E-state index contributed by atoms with van der Waals surface area (Å²) < 4.78 is 37.3. The van der Waals surface area contributed by atoms with E-state index in [-0.39, 0.29) is 17.0 Å². The van der Waals surface area contributed by atoms with E-state index >= 15 is 0 Å². The van der Waals surface area contributed by atoms with Gasteiger partial charge in [0.15, 0.2) is 4.90 Å². The van der Waals surface area contributed by atoms with Gasteiger partial charge in [-0.2, -0.15) is 0 Å². The van der Waals surface area contributed by atoms with Crippen LogP contribution in [-0.4, -0.2) is 31.5 Å². The van der Waals surface area contributed by atoms with Gasteiger partial charge in [0.25, 0.3) is 21.6 Å². The summed E-state index contributed by atoms with van der Waals surface area (Å²) in [5.74, 6) is 0.0812. The molecule has 1 aromatic heterocycles. The molecule has 156 valence electrons. The van der Waals surface area contributed by atoms with Crippen LogP contribution in [0, 0.1) is 17.0 Å². The molecule has 0 aliphatic rings. The van der Waals surface area contributed by atoms with Crippen LogP contribution in [0.15, 0.2) is 58.1 Å². The van der Waals surface area contributed by atoms with Crippen molar-refractivity contribution in [3.63, 3.8) is 0 Å². The summed E-state index contributed by atoms with van der Waals surface area (Å²) in [5, 5.41) is 17.4. The fourth-order valence-corrected chi connectivity index (χ4v) is 3.75. The predicted molar refractivity (Wildman–Crippen MR) is 106 cm³/mol. The maximum atomic E-state index is 12.6. The molecule has 12 heteroatoms. The highest BCUT2D eigenvalue weighted by Crippen LogP contribution is 2.30. The van der Waals surface area contributed by atoms with Gasteiger partial charge in [-0.05, 0) is 43.3 Å². The monoisotopic (exact) mass is 432 g/mol. The Bertz CT molecular complexity index is 1200. The molecule has 1 amide bonds. The van der Waals surface area contributed by atoms with Crippen molar-refractivity contribution in [2.45, 2.75) is 11.8 Å². The number of nitrogens with one attached hydrogen (secondary N) is 2. The van der Waals surface area contributed by atoms with Crippen LogP contribution in [0.5, 0.6) is 5.75 Å². The summed E-state index contributed by atoms with van der Waals surface area (Å²) in [6.45, 7) is 1.60. The molecule has 11 nitrogen and oxygen atoms in total. The predicted octanol–water partition coefficient (Wildman–Crippen LogP) is 2.95. The molecular formula is C18H16N4O7S. The molecular weight excluding hydrogens is 416 g/mol. The number of nitrogens with zero attached hydrogens (tertiary/aromatic N) is 2. The SMILES string of the molecule is COc1ccc(S(=O)(=O)Nc2ccc(NC(=O)c3cnoc3C)cc2)c([N+](=O)[O-])c1. The number of ether oxygens (including phenoxy) is 1. The van der Waals surface area contributed by atoms with Gasteiger partial charge in [-0.3, -0.25) is 19.6 Å². The van der Waals surface area contributed by atoms with E-state index in [1.165, 1.54) is 43.6 Å². The number of carbonyl (C=O) groups is 1. The van der Waals surface area contributed by atoms with Gasteiger partial charge in [0.2, 0.25) is 0 Å². The molecule has 2 N–H and O–H groups in total. The molecule has 0 radical (unpaired) electrons. The smallest absolute Gasteiger partial charge is 0.293 e. The van der Waals surface area contributed by atoms with Gasteiger partial charge >= 0.3 is 0 Å². The van der Waals surface area contributed by atoms with Gasteiger partial charge in [-0.1, -0.05) is 5.16 Å². The number of nitro groups is 1. The molecule has 3 rings (SSSR count). The summed E-state index contributed by atoms with van der Waals surface area (Å²) in [6, 6.07) is 9.19. The highest BCUT2D eigenvalue weighted by molar-refractivity contribution is 7.92. The summed E-state index contributed by atoms with van der Waals surface area (Å²) in [7, 11) is -2.93. The molecule has 30 heavy (non-hydrogen) atoms. The minimum Gasteiger partial charge on any atom is -0.497 e. The maximum Gasteiger partial charge on any atom is 0.293 e. The molecule has 0 bridgehead atoms. The number of aryl methyl sites for hydroxylation is 1. The Labute approximate surface area is 170 Å². The fraction of sp³-hybridized carbons (Fsp3) is 0.111.